The van der Waals surface area contributed by atoms with Crippen molar-refractivity contribution >= 4 is 41.5 Å². The molecule has 2 rings (SSSR count). The van der Waals surface area contributed by atoms with E-state index in [2.05, 4.69) is 5.32 Å². The van der Waals surface area contributed by atoms with Crippen LogP contribution in [0.25, 0.3) is 0 Å². The summed E-state index contributed by atoms with van der Waals surface area (Å²) in [6.07, 6.45) is 0.353. The van der Waals surface area contributed by atoms with Gasteiger partial charge >= 0.3 is 0 Å². The quantitative estimate of drug-likeness (QED) is 0.709. The van der Waals surface area contributed by atoms with Crippen LogP contribution in [0, 0.1) is 11.2 Å². The first-order chi connectivity index (χ1) is 11.1. The number of carbonyl (C=O) groups is 1. The highest BCUT2D eigenvalue weighted by Crippen LogP contribution is 2.50. The third-order valence-electron chi connectivity index (χ3n) is 5.10. The van der Waals surface area contributed by atoms with Gasteiger partial charge in [-0.1, -0.05) is 37.0 Å². The van der Waals surface area contributed by atoms with Gasteiger partial charge in [0.1, 0.15) is 11.4 Å². The molecule has 25 heavy (non-hydrogen) atoms. The van der Waals surface area contributed by atoms with Crippen molar-refractivity contribution in [3.63, 3.8) is 0 Å². The van der Waals surface area contributed by atoms with Crippen molar-refractivity contribution in [1.82, 2.24) is 5.32 Å². The number of nitrogens with two attached hydrogens (primary N) is 1. The maximum Gasteiger partial charge on any atom is 0.241 e. The topological polar surface area (TPSA) is 64.3 Å². The highest BCUT2D eigenvalue weighted by molar-refractivity contribution is 6.36. The van der Waals surface area contributed by atoms with E-state index in [-0.39, 0.29) is 29.4 Å². The molecule has 0 heterocycles. The lowest BCUT2D eigenvalue weighted by atomic mass is 9.54. The smallest absolute Gasteiger partial charge is 0.241 e. The Balaban J connectivity index is 0.00000312. The van der Waals surface area contributed by atoms with Crippen LogP contribution in [0.3, 0.4) is 0 Å². The molecular formula is C17H24Cl3FN2O2. The van der Waals surface area contributed by atoms with Gasteiger partial charge in [-0.05, 0) is 26.0 Å². The van der Waals surface area contributed by atoms with Crippen molar-refractivity contribution in [2.45, 2.75) is 51.8 Å². The predicted molar refractivity (Wildman–Crippen MR) is 101 cm³/mol. The van der Waals surface area contributed by atoms with Crippen LogP contribution in [-0.2, 0) is 9.53 Å². The number of benzene rings is 1. The summed E-state index contributed by atoms with van der Waals surface area (Å²) in [6.45, 7) is 7.98. The highest BCUT2D eigenvalue weighted by Gasteiger charge is 2.63. The van der Waals surface area contributed by atoms with Gasteiger partial charge in [0.25, 0.3) is 0 Å². The SMILES string of the molecule is CCOC1CC(N)(C(=O)NC(C)c2c(Cl)ccc(F)c2Cl)C1(C)C.Cl. The van der Waals surface area contributed by atoms with Gasteiger partial charge in [-0.25, -0.2) is 4.39 Å². The summed E-state index contributed by atoms with van der Waals surface area (Å²) in [6, 6.07) is 2.03. The largest absolute Gasteiger partial charge is 0.378 e. The van der Waals surface area contributed by atoms with Crippen LogP contribution in [0.5, 0.6) is 0 Å². The number of hydrogen-bond acceptors (Lipinski definition) is 3. The molecule has 3 atom stereocenters. The fourth-order valence-electron chi connectivity index (χ4n) is 3.16. The van der Waals surface area contributed by atoms with Gasteiger partial charge in [0.15, 0.2) is 0 Å². The van der Waals surface area contributed by atoms with E-state index in [1.807, 2.05) is 20.8 Å². The molecule has 1 aromatic rings. The zero-order chi connectivity index (χ0) is 18.3. The maximum atomic E-state index is 13.7. The third-order valence-corrected chi connectivity index (χ3v) is 5.81. The normalized spacial score (nSPS) is 25.5. The minimum atomic E-state index is -1.06. The Morgan fingerprint density at radius 2 is 2.08 bits per heavy atom. The minimum absolute atomic E-state index is 0. The summed E-state index contributed by atoms with van der Waals surface area (Å²) in [5.74, 6) is -0.910. The number of rotatable bonds is 5. The molecular weight excluding hydrogens is 390 g/mol. The number of hydrogen-bond donors (Lipinski definition) is 2. The van der Waals surface area contributed by atoms with Crippen LogP contribution >= 0.6 is 35.6 Å². The van der Waals surface area contributed by atoms with Crippen LogP contribution in [0.1, 0.15) is 45.7 Å². The zero-order valence-corrected chi connectivity index (χ0v) is 17.0. The van der Waals surface area contributed by atoms with Crippen LogP contribution in [0.15, 0.2) is 12.1 Å². The Kier molecular flexibility index (Phi) is 7.16. The molecule has 0 saturated heterocycles. The average Bonchev–Trinajstić information content (AvgIpc) is 2.50. The van der Waals surface area contributed by atoms with E-state index in [1.54, 1.807) is 6.92 Å². The van der Waals surface area contributed by atoms with Crippen molar-refractivity contribution in [3.05, 3.63) is 33.6 Å². The van der Waals surface area contributed by atoms with Crippen LogP contribution in [0.2, 0.25) is 10.0 Å². The molecule has 3 unspecified atom stereocenters. The number of nitrogens with one attached hydrogen (secondary N) is 1. The molecule has 1 aromatic carbocycles. The Morgan fingerprint density at radius 3 is 2.60 bits per heavy atom. The number of halogens is 4. The average molecular weight is 414 g/mol. The molecule has 1 aliphatic carbocycles. The van der Waals surface area contributed by atoms with E-state index < -0.39 is 22.8 Å². The Morgan fingerprint density at radius 1 is 1.48 bits per heavy atom. The van der Waals surface area contributed by atoms with Gasteiger partial charge in [-0.3, -0.25) is 4.79 Å². The molecule has 1 saturated carbocycles. The van der Waals surface area contributed by atoms with Crippen LogP contribution < -0.4 is 11.1 Å². The van der Waals surface area contributed by atoms with E-state index in [0.29, 0.717) is 23.6 Å². The van der Waals surface area contributed by atoms with E-state index in [0.717, 1.165) is 0 Å². The second-order valence-corrected chi connectivity index (χ2v) is 7.58. The van der Waals surface area contributed by atoms with E-state index >= 15 is 0 Å². The first-order valence-corrected chi connectivity index (χ1v) is 8.66. The molecule has 3 N–H and O–H groups in total. The van der Waals surface area contributed by atoms with E-state index in [4.69, 9.17) is 33.7 Å². The highest BCUT2D eigenvalue weighted by atomic mass is 35.5. The summed E-state index contributed by atoms with van der Waals surface area (Å²) in [5.41, 5.74) is 5.11. The molecule has 1 aliphatic rings. The molecule has 8 heteroatoms. The predicted octanol–water partition coefficient (Wildman–Crippen LogP) is 4.26. The molecule has 142 valence electrons. The number of amides is 1. The van der Waals surface area contributed by atoms with Crippen molar-refractivity contribution in [2.75, 3.05) is 6.61 Å². The number of ether oxygens (including phenoxy) is 1. The Hall–Kier alpha value is -0.590. The van der Waals surface area contributed by atoms with Crippen LogP contribution in [-0.4, -0.2) is 24.2 Å². The van der Waals surface area contributed by atoms with E-state index in [1.165, 1.54) is 12.1 Å². The third kappa shape index (κ3) is 3.76. The molecule has 0 bridgehead atoms. The molecule has 1 amide bonds. The zero-order valence-electron chi connectivity index (χ0n) is 14.7. The summed E-state index contributed by atoms with van der Waals surface area (Å²) in [5, 5.41) is 3.01. The molecule has 0 aromatic heterocycles. The minimum Gasteiger partial charge on any atom is -0.378 e. The van der Waals surface area contributed by atoms with Crippen molar-refractivity contribution in [2.24, 2.45) is 11.1 Å². The lowest BCUT2D eigenvalue weighted by Gasteiger charge is -2.57. The standard InChI is InChI=1S/C17H23Cl2FN2O2.ClH/c1-5-24-12-8-17(21,16(12,3)4)15(23)22-9(2)13-10(18)6-7-11(20)14(13)19;/h6-7,9,12H,5,8,21H2,1-4H3,(H,22,23);1H. The Bertz CT molecular complexity index is 657. The second kappa shape index (κ2) is 7.97. The van der Waals surface area contributed by atoms with Gasteiger partial charge in [0.2, 0.25) is 5.91 Å². The first-order valence-electron chi connectivity index (χ1n) is 7.91. The lowest BCUT2D eigenvalue weighted by Crippen LogP contribution is -2.75. The first kappa shape index (κ1) is 22.5. The molecule has 1 fully saturated rings. The Labute approximate surface area is 164 Å². The fourth-order valence-corrected chi connectivity index (χ4v) is 3.86. The second-order valence-electron chi connectivity index (χ2n) is 6.79. The summed E-state index contributed by atoms with van der Waals surface area (Å²) in [7, 11) is 0. The summed E-state index contributed by atoms with van der Waals surface area (Å²) < 4.78 is 19.3. The fraction of sp³-hybridized carbons (Fsp3) is 0.588. The molecule has 0 radical (unpaired) electrons. The van der Waals surface area contributed by atoms with Gasteiger partial charge in [0.05, 0.1) is 17.2 Å². The van der Waals surface area contributed by atoms with Crippen molar-refractivity contribution in [1.29, 1.82) is 0 Å². The summed E-state index contributed by atoms with van der Waals surface area (Å²) in [4.78, 5) is 12.7. The van der Waals surface area contributed by atoms with Gasteiger partial charge < -0.3 is 15.8 Å². The van der Waals surface area contributed by atoms with E-state index in [9.17, 15) is 9.18 Å². The van der Waals surface area contributed by atoms with Gasteiger partial charge in [-0.15, -0.1) is 12.4 Å². The molecule has 4 nitrogen and oxygen atoms in total. The lowest BCUT2D eigenvalue weighted by molar-refractivity contribution is -0.171. The number of carbonyl (C=O) groups excluding carboxylic acids is 1. The van der Waals surface area contributed by atoms with Crippen LogP contribution in [0.4, 0.5) is 4.39 Å². The van der Waals surface area contributed by atoms with Gasteiger partial charge in [-0.2, -0.15) is 0 Å². The monoisotopic (exact) mass is 412 g/mol. The van der Waals surface area contributed by atoms with Crippen molar-refractivity contribution < 1.29 is 13.9 Å². The van der Waals surface area contributed by atoms with Gasteiger partial charge in [0, 0.05) is 29.0 Å². The van der Waals surface area contributed by atoms with Crippen molar-refractivity contribution in [3.8, 4) is 0 Å². The molecule has 0 aliphatic heterocycles. The summed E-state index contributed by atoms with van der Waals surface area (Å²) >= 11 is 12.1. The molecule has 0 spiro atoms. The maximum absolute atomic E-state index is 13.7.